The van der Waals surface area contributed by atoms with Crippen LogP contribution in [0.3, 0.4) is 0 Å². The van der Waals surface area contributed by atoms with Gasteiger partial charge in [-0.3, -0.25) is 15.0 Å². The minimum Gasteiger partial charge on any atom is -0.359 e. The van der Waals surface area contributed by atoms with E-state index in [0.717, 1.165) is 11.1 Å². The monoisotopic (exact) mass is 278 g/mol. The van der Waals surface area contributed by atoms with Crippen LogP contribution >= 0.6 is 0 Å². The molecule has 20 heavy (non-hydrogen) atoms. The highest BCUT2D eigenvalue weighted by Gasteiger charge is 2.09. The van der Waals surface area contributed by atoms with Gasteiger partial charge in [0.25, 0.3) is 0 Å². The molecular weight excluding hydrogens is 256 g/mol. The summed E-state index contributed by atoms with van der Waals surface area (Å²) in [5.41, 5.74) is 4.15. The zero-order chi connectivity index (χ0) is 15.0. The summed E-state index contributed by atoms with van der Waals surface area (Å²) < 4.78 is 0. The predicted octanol–water partition coefficient (Wildman–Crippen LogP) is -0.213. The van der Waals surface area contributed by atoms with Gasteiger partial charge in [0.05, 0.1) is 6.42 Å². The van der Waals surface area contributed by atoms with Crippen LogP contribution in [0.4, 0.5) is 0 Å². The van der Waals surface area contributed by atoms with Crippen LogP contribution in [-0.4, -0.2) is 37.4 Å². The van der Waals surface area contributed by atoms with Crippen molar-refractivity contribution in [3.63, 3.8) is 0 Å². The smallest absolute Gasteiger partial charge is 0.238 e. The minimum absolute atomic E-state index is 0.0210. The summed E-state index contributed by atoms with van der Waals surface area (Å²) in [6, 6.07) is 7.73. The van der Waals surface area contributed by atoms with Crippen molar-refractivity contribution in [3.05, 3.63) is 35.4 Å². The highest BCUT2D eigenvalue weighted by atomic mass is 16.2. The molecule has 0 fully saturated rings. The molecule has 0 atom stereocenters. The van der Waals surface area contributed by atoms with Crippen molar-refractivity contribution in [2.45, 2.75) is 19.4 Å². The number of hydrogen-bond donors (Lipinski definition) is 3. The van der Waals surface area contributed by atoms with Gasteiger partial charge in [0.15, 0.2) is 0 Å². The lowest BCUT2D eigenvalue weighted by Crippen LogP contribution is -2.32. The zero-order valence-corrected chi connectivity index (χ0v) is 12.0. The molecule has 4 N–H and O–H groups in total. The first-order valence-corrected chi connectivity index (χ1v) is 6.52. The van der Waals surface area contributed by atoms with Crippen molar-refractivity contribution in [3.8, 4) is 0 Å². The van der Waals surface area contributed by atoms with Crippen molar-refractivity contribution in [1.29, 1.82) is 0 Å². The molecule has 0 aliphatic carbocycles. The van der Waals surface area contributed by atoms with Gasteiger partial charge in [0.1, 0.15) is 0 Å². The van der Waals surface area contributed by atoms with E-state index in [0.29, 0.717) is 19.5 Å². The van der Waals surface area contributed by atoms with E-state index < -0.39 is 0 Å². The third kappa shape index (κ3) is 5.38. The van der Waals surface area contributed by atoms with Gasteiger partial charge in [-0.15, -0.1) is 0 Å². The number of benzene rings is 1. The lowest BCUT2D eigenvalue weighted by Gasteiger charge is -2.18. The van der Waals surface area contributed by atoms with Crippen LogP contribution in [0.2, 0.25) is 0 Å². The Morgan fingerprint density at radius 2 is 1.85 bits per heavy atom. The Labute approximate surface area is 119 Å². The molecule has 0 aliphatic rings. The van der Waals surface area contributed by atoms with Gasteiger partial charge < -0.3 is 10.2 Å². The molecule has 0 aromatic heterocycles. The number of nitrogens with two attached hydrogens (primary N) is 1. The molecule has 0 bridgehead atoms. The van der Waals surface area contributed by atoms with Crippen LogP contribution in [0.5, 0.6) is 0 Å². The van der Waals surface area contributed by atoms with E-state index in [2.05, 4.69) is 15.6 Å². The molecule has 0 heterocycles. The fourth-order valence-corrected chi connectivity index (χ4v) is 1.90. The molecule has 110 valence electrons. The van der Waals surface area contributed by atoms with E-state index >= 15 is 0 Å². The molecular formula is C14H22N4O2. The Kier molecular flexibility index (Phi) is 6.69. The molecule has 0 radical (unpaired) electrons. The summed E-state index contributed by atoms with van der Waals surface area (Å²) in [7, 11) is 3.58. The molecule has 0 saturated heterocycles. The Bertz CT molecular complexity index is 462. The van der Waals surface area contributed by atoms with E-state index in [4.69, 9.17) is 5.84 Å². The number of amides is 2. The molecule has 0 spiro atoms. The Balaban J connectivity index is 2.62. The maximum absolute atomic E-state index is 11.4. The summed E-state index contributed by atoms with van der Waals surface area (Å²) >= 11 is 0. The molecule has 1 aromatic carbocycles. The summed E-state index contributed by atoms with van der Waals surface area (Å²) in [4.78, 5) is 24.6. The summed E-state index contributed by atoms with van der Waals surface area (Å²) in [5.74, 6) is 4.92. The SMILES string of the molecule is CNC(=O)CCN(C)Cc1ccccc1CC(=O)NN. The van der Waals surface area contributed by atoms with Crippen molar-refractivity contribution in [2.75, 3.05) is 20.6 Å². The molecule has 2 amide bonds. The van der Waals surface area contributed by atoms with Crippen molar-refractivity contribution >= 4 is 11.8 Å². The minimum atomic E-state index is -0.217. The number of carbonyl (C=O) groups is 2. The Morgan fingerprint density at radius 1 is 1.20 bits per heavy atom. The van der Waals surface area contributed by atoms with Crippen LogP contribution in [0.1, 0.15) is 17.5 Å². The Hall–Kier alpha value is -1.92. The summed E-state index contributed by atoms with van der Waals surface area (Å²) in [6.45, 7) is 1.35. The van der Waals surface area contributed by atoms with Gasteiger partial charge in [-0.2, -0.15) is 0 Å². The van der Waals surface area contributed by atoms with E-state index in [-0.39, 0.29) is 18.2 Å². The second-order valence-corrected chi connectivity index (χ2v) is 4.67. The fraction of sp³-hybridized carbons (Fsp3) is 0.429. The van der Waals surface area contributed by atoms with Gasteiger partial charge in [0, 0.05) is 26.6 Å². The number of nitrogens with one attached hydrogen (secondary N) is 2. The lowest BCUT2D eigenvalue weighted by atomic mass is 10.0. The highest BCUT2D eigenvalue weighted by Crippen LogP contribution is 2.12. The first kappa shape index (κ1) is 16.1. The average molecular weight is 278 g/mol. The van der Waals surface area contributed by atoms with E-state index in [1.165, 1.54) is 0 Å². The highest BCUT2D eigenvalue weighted by molar-refractivity contribution is 5.78. The molecule has 0 saturated carbocycles. The number of nitrogens with zero attached hydrogens (tertiary/aromatic N) is 1. The molecule has 6 heteroatoms. The second kappa shape index (κ2) is 8.29. The number of hydrogen-bond acceptors (Lipinski definition) is 4. The zero-order valence-electron chi connectivity index (χ0n) is 12.0. The van der Waals surface area contributed by atoms with Crippen LogP contribution in [0.15, 0.2) is 24.3 Å². The maximum Gasteiger partial charge on any atom is 0.238 e. The van der Waals surface area contributed by atoms with E-state index in [9.17, 15) is 9.59 Å². The van der Waals surface area contributed by atoms with Gasteiger partial charge in [-0.25, -0.2) is 5.84 Å². The lowest BCUT2D eigenvalue weighted by molar-refractivity contribution is -0.121. The van der Waals surface area contributed by atoms with Gasteiger partial charge in [0.2, 0.25) is 11.8 Å². The van der Waals surface area contributed by atoms with Crippen LogP contribution in [-0.2, 0) is 22.6 Å². The van der Waals surface area contributed by atoms with Crippen LogP contribution < -0.4 is 16.6 Å². The van der Waals surface area contributed by atoms with Crippen LogP contribution in [0.25, 0.3) is 0 Å². The standard InChI is InChI=1S/C14H22N4O2/c1-16-13(19)7-8-18(2)10-12-6-4-3-5-11(12)9-14(20)17-15/h3-6H,7-10,15H2,1-2H3,(H,16,19)(H,17,20). The van der Waals surface area contributed by atoms with Crippen molar-refractivity contribution in [1.82, 2.24) is 15.6 Å². The fourth-order valence-electron chi connectivity index (χ4n) is 1.90. The summed E-state index contributed by atoms with van der Waals surface area (Å²) in [5, 5.41) is 2.60. The van der Waals surface area contributed by atoms with Gasteiger partial charge in [-0.1, -0.05) is 24.3 Å². The third-order valence-electron chi connectivity index (χ3n) is 3.07. The van der Waals surface area contributed by atoms with E-state index in [1.54, 1.807) is 7.05 Å². The third-order valence-corrected chi connectivity index (χ3v) is 3.07. The Morgan fingerprint density at radius 3 is 2.45 bits per heavy atom. The molecule has 0 unspecified atom stereocenters. The molecule has 6 nitrogen and oxygen atoms in total. The molecule has 1 aromatic rings. The number of rotatable bonds is 7. The second-order valence-electron chi connectivity index (χ2n) is 4.67. The normalized spacial score (nSPS) is 10.4. The molecule has 1 rings (SSSR count). The molecule has 0 aliphatic heterocycles. The van der Waals surface area contributed by atoms with Crippen molar-refractivity contribution < 1.29 is 9.59 Å². The summed E-state index contributed by atoms with van der Waals surface area (Å²) in [6.07, 6.45) is 0.717. The first-order valence-electron chi connectivity index (χ1n) is 6.52. The predicted molar refractivity (Wildman–Crippen MR) is 77.5 cm³/mol. The maximum atomic E-state index is 11.4. The first-order chi connectivity index (χ1) is 9.56. The largest absolute Gasteiger partial charge is 0.359 e. The van der Waals surface area contributed by atoms with Crippen LogP contribution in [0, 0.1) is 0 Å². The van der Waals surface area contributed by atoms with Gasteiger partial charge in [-0.05, 0) is 18.2 Å². The topological polar surface area (TPSA) is 87.5 Å². The van der Waals surface area contributed by atoms with Gasteiger partial charge >= 0.3 is 0 Å². The van der Waals surface area contributed by atoms with E-state index in [1.807, 2.05) is 31.3 Å². The van der Waals surface area contributed by atoms with Crippen molar-refractivity contribution in [2.24, 2.45) is 5.84 Å². The average Bonchev–Trinajstić information content (AvgIpc) is 2.46. The number of hydrazine groups is 1. The quantitative estimate of drug-likeness (QED) is 0.366. The number of carbonyl (C=O) groups excluding carboxylic acids is 2.